The first-order valence-electron chi connectivity index (χ1n) is 13.0. The summed E-state index contributed by atoms with van der Waals surface area (Å²) in [5.41, 5.74) is 4.34. The highest BCUT2D eigenvalue weighted by molar-refractivity contribution is 7.89. The molecule has 0 N–H and O–H groups in total. The predicted octanol–water partition coefficient (Wildman–Crippen LogP) is 5.65. The molecule has 6 heteroatoms. The number of hydrogen-bond donors (Lipinski definition) is 0. The van der Waals surface area contributed by atoms with Gasteiger partial charge in [-0.05, 0) is 100 Å². The Morgan fingerprint density at radius 2 is 1.71 bits per heavy atom. The van der Waals surface area contributed by atoms with Gasteiger partial charge >= 0.3 is 0 Å². The minimum absolute atomic E-state index is 0.0000325. The highest BCUT2D eigenvalue weighted by Gasteiger charge is 2.41. The number of nitrogens with zero attached hydrogens (tertiary/aromatic N) is 1. The second kappa shape index (κ2) is 9.11. The lowest BCUT2D eigenvalue weighted by molar-refractivity contribution is -0.0355. The Morgan fingerprint density at radius 3 is 2.37 bits per heavy atom. The molecule has 0 unspecified atom stereocenters. The van der Waals surface area contributed by atoms with Crippen LogP contribution in [0.25, 0.3) is 11.1 Å². The molecule has 0 amide bonds. The molecule has 5 nitrogen and oxygen atoms in total. The highest BCUT2D eigenvalue weighted by atomic mass is 32.2. The second-order valence-corrected chi connectivity index (χ2v) is 14.1. The molecule has 1 saturated carbocycles. The molecular formula is C29H39NO4S. The first-order chi connectivity index (χ1) is 16.5. The second-order valence-electron chi connectivity index (χ2n) is 11.9. The van der Waals surface area contributed by atoms with Gasteiger partial charge in [-0.3, -0.25) is 4.90 Å². The summed E-state index contributed by atoms with van der Waals surface area (Å²) in [6, 6.07) is 12.4. The van der Waals surface area contributed by atoms with Crippen molar-refractivity contribution in [3.63, 3.8) is 0 Å². The van der Waals surface area contributed by atoms with Crippen molar-refractivity contribution in [1.82, 2.24) is 4.90 Å². The molecule has 1 spiro atoms. The number of hydrogen-bond acceptors (Lipinski definition) is 5. The maximum absolute atomic E-state index is 11.9. The van der Waals surface area contributed by atoms with E-state index < -0.39 is 9.84 Å². The quantitative estimate of drug-likeness (QED) is 0.517. The van der Waals surface area contributed by atoms with E-state index in [1.54, 1.807) is 0 Å². The average molecular weight is 498 g/mol. The van der Waals surface area contributed by atoms with Gasteiger partial charge in [-0.2, -0.15) is 0 Å². The molecule has 35 heavy (non-hydrogen) atoms. The van der Waals surface area contributed by atoms with Crippen molar-refractivity contribution in [3.05, 3.63) is 47.5 Å². The topological polar surface area (TPSA) is 55.8 Å². The van der Waals surface area contributed by atoms with Crippen LogP contribution in [-0.4, -0.2) is 50.4 Å². The molecule has 190 valence electrons. The Balaban J connectivity index is 1.34. The van der Waals surface area contributed by atoms with Crippen molar-refractivity contribution in [2.45, 2.75) is 76.2 Å². The molecule has 2 fully saturated rings. The monoisotopic (exact) mass is 497 g/mol. The number of sulfone groups is 1. The number of likely N-dealkylation sites (tertiary alicyclic amines) is 1. The number of aryl methyl sites for hydroxylation is 1. The summed E-state index contributed by atoms with van der Waals surface area (Å²) in [7, 11) is -3.14. The van der Waals surface area contributed by atoms with Crippen LogP contribution in [0.2, 0.25) is 0 Å². The molecule has 2 heterocycles. The smallest absolute Gasteiger partial charge is 0.151 e. The molecule has 0 bridgehead atoms. The minimum Gasteiger partial charge on any atom is -0.493 e. The molecule has 2 aromatic rings. The van der Waals surface area contributed by atoms with Gasteiger partial charge in [0.25, 0.3) is 0 Å². The van der Waals surface area contributed by atoms with Gasteiger partial charge in [-0.25, -0.2) is 8.42 Å². The van der Waals surface area contributed by atoms with Crippen molar-refractivity contribution in [2.75, 3.05) is 26.0 Å². The summed E-state index contributed by atoms with van der Waals surface area (Å²) >= 11 is 0. The molecule has 0 aromatic heterocycles. The largest absolute Gasteiger partial charge is 0.493 e. The molecule has 2 aromatic carbocycles. The maximum Gasteiger partial charge on any atom is 0.151 e. The van der Waals surface area contributed by atoms with Crippen LogP contribution in [0.15, 0.2) is 36.4 Å². The first kappa shape index (κ1) is 24.6. The zero-order valence-electron chi connectivity index (χ0n) is 21.6. The van der Waals surface area contributed by atoms with E-state index in [1.165, 1.54) is 24.7 Å². The summed E-state index contributed by atoms with van der Waals surface area (Å²) in [6.45, 7) is 9.70. The van der Waals surface area contributed by atoms with E-state index in [1.807, 2.05) is 18.2 Å². The number of piperidine rings is 1. The molecule has 3 aliphatic rings. The van der Waals surface area contributed by atoms with E-state index in [2.05, 4.69) is 43.9 Å². The van der Waals surface area contributed by atoms with Crippen molar-refractivity contribution < 1.29 is 17.9 Å². The van der Waals surface area contributed by atoms with Crippen LogP contribution in [0, 0.1) is 5.92 Å². The van der Waals surface area contributed by atoms with E-state index in [-0.39, 0.29) is 16.9 Å². The predicted molar refractivity (Wildman–Crippen MR) is 141 cm³/mol. The van der Waals surface area contributed by atoms with Gasteiger partial charge in [0, 0.05) is 30.4 Å². The Hall–Kier alpha value is -2.05. The number of rotatable bonds is 6. The van der Waals surface area contributed by atoms with E-state index in [0.717, 1.165) is 61.2 Å². The van der Waals surface area contributed by atoms with Crippen molar-refractivity contribution in [3.8, 4) is 22.6 Å². The minimum atomic E-state index is -3.14. The van der Waals surface area contributed by atoms with Gasteiger partial charge in [0.2, 0.25) is 0 Å². The lowest BCUT2D eigenvalue weighted by Gasteiger charge is -2.48. The first-order valence-corrected chi connectivity index (χ1v) is 15.1. The summed E-state index contributed by atoms with van der Waals surface area (Å²) in [5.74, 6) is 2.31. The van der Waals surface area contributed by atoms with Crippen LogP contribution in [0.3, 0.4) is 0 Å². The zero-order valence-corrected chi connectivity index (χ0v) is 22.4. The lowest BCUT2D eigenvalue weighted by atomic mass is 9.81. The third-order valence-corrected chi connectivity index (χ3v) is 8.69. The summed E-state index contributed by atoms with van der Waals surface area (Å²) < 4.78 is 36.6. The fourth-order valence-electron chi connectivity index (χ4n) is 5.40. The van der Waals surface area contributed by atoms with Gasteiger partial charge in [-0.15, -0.1) is 0 Å². The zero-order chi connectivity index (χ0) is 24.8. The number of ether oxygens (including phenoxy) is 2. The van der Waals surface area contributed by atoms with Crippen LogP contribution in [0.4, 0.5) is 0 Å². The van der Waals surface area contributed by atoms with Gasteiger partial charge in [0.1, 0.15) is 17.1 Å². The molecule has 1 aliphatic carbocycles. The molecule has 5 rings (SSSR count). The van der Waals surface area contributed by atoms with Crippen LogP contribution >= 0.6 is 0 Å². The average Bonchev–Trinajstić information content (AvgIpc) is 3.61. The number of fused-ring (bicyclic) bond motifs is 1. The number of benzene rings is 2. The van der Waals surface area contributed by atoms with Crippen LogP contribution < -0.4 is 9.47 Å². The summed E-state index contributed by atoms with van der Waals surface area (Å²) in [4.78, 5) is 2.57. The summed E-state index contributed by atoms with van der Waals surface area (Å²) in [5, 5.41) is 0. The Labute approximate surface area is 210 Å². The fourth-order valence-corrected chi connectivity index (χ4v) is 6.20. The highest BCUT2D eigenvalue weighted by Crippen LogP contribution is 2.42. The molecule has 2 aliphatic heterocycles. The fraction of sp³-hybridized carbons (Fsp3) is 0.586. The Bertz CT molecular complexity index is 1190. The third kappa shape index (κ3) is 5.86. The van der Waals surface area contributed by atoms with Crippen molar-refractivity contribution in [1.29, 1.82) is 0 Å². The van der Waals surface area contributed by atoms with Crippen molar-refractivity contribution in [2.24, 2.45) is 5.92 Å². The standard InChI is InChI=1S/C29H39NO4S/c1-28(2,3)30-15-13-29(14-16-30)12-11-24-17-22(9-10-26(24)34-29)23-7-8-25(20-35(4,31)32)27(18-23)33-19-21-5-6-21/h7-10,17-18,21H,5-6,11-16,19-20H2,1-4H3. The molecule has 0 radical (unpaired) electrons. The van der Waals surface area contributed by atoms with Crippen LogP contribution in [0.1, 0.15) is 64.0 Å². The van der Waals surface area contributed by atoms with E-state index in [0.29, 0.717) is 18.3 Å². The Kier molecular flexibility index (Phi) is 6.41. The van der Waals surface area contributed by atoms with Crippen molar-refractivity contribution >= 4 is 9.84 Å². The molecule has 0 atom stereocenters. The lowest BCUT2D eigenvalue weighted by Crippen LogP contribution is -2.54. The van der Waals surface area contributed by atoms with E-state index >= 15 is 0 Å². The maximum atomic E-state index is 11.9. The van der Waals surface area contributed by atoms with Gasteiger partial charge in [-0.1, -0.05) is 18.2 Å². The van der Waals surface area contributed by atoms with E-state index in [9.17, 15) is 8.42 Å². The normalized spacial score (nSPS) is 20.3. The van der Waals surface area contributed by atoms with Gasteiger partial charge in [0.05, 0.1) is 12.4 Å². The third-order valence-electron chi connectivity index (χ3n) is 7.85. The van der Waals surface area contributed by atoms with E-state index in [4.69, 9.17) is 9.47 Å². The molecule has 1 saturated heterocycles. The van der Waals surface area contributed by atoms with Gasteiger partial charge in [0.15, 0.2) is 9.84 Å². The Morgan fingerprint density at radius 1 is 1.03 bits per heavy atom. The molecular weight excluding hydrogens is 458 g/mol. The SMILES string of the molecule is CC(C)(C)N1CCC2(CCc3cc(-c4ccc(CS(C)(=O)=O)c(OCC5CC5)c4)ccc3O2)CC1. The summed E-state index contributed by atoms with van der Waals surface area (Å²) in [6.07, 6.45) is 7.91. The van der Waals surface area contributed by atoms with Gasteiger partial charge < -0.3 is 9.47 Å². The van der Waals surface area contributed by atoms with Crippen LogP contribution in [-0.2, 0) is 22.0 Å². The van der Waals surface area contributed by atoms with Crippen LogP contribution in [0.5, 0.6) is 11.5 Å².